The minimum Gasteiger partial charge on any atom is -0.223 e. The Bertz CT molecular complexity index is 500. The summed E-state index contributed by atoms with van der Waals surface area (Å²) in [5.74, 6) is 0. The maximum atomic E-state index is 12.0. The van der Waals surface area contributed by atoms with Crippen LogP contribution in [-0.4, -0.2) is 3.79 Å². The molecular weight excluding hydrogens is 266 g/mol. The second-order valence-corrected chi connectivity index (χ2v) is 5.86. The van der Waals surface area contributed by atoms with E-state index in [0.29, 0.717) is 5.56 Å². The van der Waals surface area contributed by atoms with Crippen molar-refractivity contribution < 1.29 is 5.11 Å². The summed E-state index contributed by atoms with van der Waals surface area (Å²) >= 11 is 16.9. The van der Waals surface area contributed by atoms with Crippen LogP contribution in [0.3, 0.4) is 0 Å². The molecule has 1 unspecified atom stereocenters. The molecular formula is C12H8Cl3O. The molecule has 0 fully saturated rings. The van der Waals surface area contributed by atoms with Gasteiger partial charge in [-0.25, -0.2) is 5.11 Å². The molecule has 0 aromatic heterocycles. The fourth-order valence-electron chi connectivity index (χ4n) is 1.66. The molecule has 0 aliphatic heterocycles. The third kappa shape index (κ3) is 2.28. The summed E-state index contributed by atoms with van der Waals surface area (Å²) in [6.45, 7) is 0. The third-order valence-electron chi connectivity index (χ3n) is 2.40. The van der Waals surface area contributed by atoms with Gasteiger partial charge in [-0.3, -0.25) is 0 Å². The first-order chi connectivity index (χ1) is 7.50. The van der Waals surface area contributed by atoms with Crippen molar-refractivity contribution in [1.29, 1.82) is 0 Å². The standard InChI is InChI=1S/C12H8Cl3O/c13-12(14,15)11(16)10-7-3-5-8-4-1-2-6-9(8)10/h1-7,11H. The van der Waals surface area contributed by atoms with Gasteiger partial charge in [-0.15, -0.1) is 0 Å². The Labute approximate surface area is 109 Å². The number of halogens is 3. The maximum absolute atomic E-state index is 12.0. The molecule has 0 saturated carbocycles. The van der Waals surface area contributed by atoms with Crippen molar-refractivity contribution >= 4 is 45.6 Å². The van der Waals surface area contributed by atoms with Crippen molar-refractivity contribution in [2.75, 3.05) is 0 Å². The highest BCUT2D eigenvalue weighted by molar-refractivity contribution is 6.68. The van der Waals surface area contributed by atoms with Crippen LogP contribution in [-0.2, 0) is 5.11 Å². The van der Waals surface area contributed by atoms with Crippen molar-refractivity contribution in [3.05, 3.63) is 48.0 Å². The summed E-state index contributed by atoms with van der Waals surface area (Å²) in [6, 6.07) is 12.9. The van der Waals surface area contributed by atoms with E-state index in [4.69, 9.17) is 34.8 Å². The maximum Gasteiger partial charge on any atom is 0.223 e. The highest BCUT2D eigenvalue weighted by Crippen LogP contribution is 2.42. The highest BCUT2D eigenvalue weighted by Gasteiger charge is 2.34. The van der Waals surface area contributed by atoms with Crippen molar-refractivity contribution in [1.82, 2.24) is 0 Å². The molecule has 0 amide bonds. The molecule has 16 heavy (non-hydrogen) atoms. The second-order valence-electron chi connectivity index (χ2n) is 3.49. The van der Waals surface area contributed by atoms with Crippen LogP contribution in [0.5, 0.6) is 0 Å². The van der Waals surface area contributed by atoms with Gasteiger partial charge in [-0.1, -0.05) is 77.3 Å². The van der Waals surface area contributed by atoms with E-state index in [-0.39, 0.29) is 0 Å². The molecule has 1 nitrogen and oxygen atoms in total. The molecule has 0 N–H and O–H groups in total. The van der Waals surface area contributed by atoms with Crippen LogP contribution < -0.4 is 0 Å². The number of fused-ring (bicyclic) bond motifs is 1. The van der Waals surface area contributed by atoms with E-state index in [1.807, 2.05) is 30.3 Å². The Morgan fingerprint density at radius 2 is 1.56 bits per heavy atom. The summed E-state index contributed by atoms with van der Waals surface area (Å²) in [5.41, 5.74) is 0.512. The number of hydrogen-bond acceptors (Lipinski definition) is 0. The smallest absolute Gasteiger partial charge is 0.223 e. The number of hydrogen-bond donors (Lipinski definition) is 0. The third-order valence-corrected chi connectivity index (χ3v) is 3.00. The summed E-state index contributed by atoms with van der Waals surface area (Å²) in [7, 11) is 0. The fourth-order valence-corrected chi connectivity index (χ4v) is 2.01. The van der Waals surface area contributed by atoms with Crippen LogP contribution in [0.1, 0.15) is 11.7 Å². The van der Waals surface area contributed by atoms with E-state index in [1.54, 1.807) is 12.1 Å². The van der Waals surface area contributed by atoms with E-state index in [9.17, 15) is 5.11 Å². The first-order valence-electron chi connectivity index (χ1n) is 4.70. The molecule has 0 bridgehead atoms. The first kappa shape index (κ1) is 12.0. The Hall–Kier alpha value is -0.470. The number of benzene rings is 2. The molecule has 0 aliphatic carbocycles. The monoisotopic (exact) mass is 273 g/mol. The van der Waals surface area contributed by atoms with E-state index < -0.39 is 9.90 Å². The molecule has 2 rings (SSSR count). The molecule has 0 aliphatic rings. The predicted molar refractivity (Wildman–Crippen MR) is 67.7 cm³/mol. The number of rotatable bonds is 1. The molecule has 4 heteroatoms. The van der Waals surface area contributed by atoms with Crippen LogP contribution >= 0.6 is 34.8 Å². The Morgan fingerprint density at radius 3 is 2.25 bits per heavy atom. The molecule has 83 valence electrons. The molecule has 0 spiro atoms. The lowest BCUT2D eigenvalue weighted by molar-refractivity contribution is 0.0938. The normalized spacial score (nSPS) is 14.0. The molecule has 2 aromatic rings. The zero-order valence-electron chi connectivity index (χ0n) is 8.16. The molecule has 0 saturated heterocycles. The highest BCUT2D eigenvalue weighted by atomic mass is 35.6. The van der Waals surface area contributed by atoms with Crippen molar-refractivity contribution in [3.63, 3.8) is 0 Å². The minimum atomic E-state index is -1.83. The SMILES string of the molecule is [O]C(c1cccc2ccccc12)C(Cl)(Cl)Cl. The average molecular weight is 275 g/mol. The minimum absolute atomic E-state index is 0.512. The lowest BCUT2D eigenvalue weighted by atomic mass is 10.0. The zero-order chi connectivity index (χ0) is 11.8. The quantitative estimate of drug-likeness (QED) is 0.673. The second kappa shape index (κ2) is 4.42. The van der Waals surface area contributed by atoms with Gasteiger partial charge in [0.15, 0.2) is 6.10 Å². The van der Waals surface area contributed by atoms with Crippen molar-refractivity contribution in [2.24, 2.45) is 0 Å². The Balaban J connectivity index is 2.61. The Kier molecular flexibility index (Phi) is 3.32. The van der Waals surface area contributed by atoms with Gasteiger partial charge in [0.2, 0.25) is 3.79 Å². The van der Waals surface area contributed by atoms with Crippen LogP contribution in [0.15, 0.2) is 42.5 Å². The van der Waals surface area contributed by atoms with Crippen LogP contribution in [0.25, 0.3) is 10.8 Å². The van der Waals surface area contributed by atoms with Gasteiger partial charge >= 0.3 is 0 Å². The van der Waals surface area contributed by atoms with E-state index in [0.717, 1.165) is 10.8 Å². The zero-order valence-corrected chi connectivity index (χ0v) is 10.4. The van der Waals surface area contributed by atoms with Crippen molar-refractivity contribution in [3.8, 4) is 0 Å². The van der Waals surface area contributed by atoms with Gasteiger partial charge in [0, 0.05) is 0 Å². The van der Waals surface area contributed by atoms with Gasteiger partial charge in [-0.05, 0) is 16.3 Å². The van der Waals surface area contributed by atoms with Gasteiger partial charge in [0.05, 0.1) is 0 Å². The van der Waals surface area contributed by atoms with Crippen LogP contribution in [0.2, 0.25) is 0 Å². The topological polar surface area (TPSA) is 19.9 Å². The fraction of sp³-hybridized carbons (Fsp3) is 0.167. The van der Waals surface area contributed by atoms with Crippen LogP contribution in [0, 0.1) is 0 Å². The average Bonchev–Trinajstić information content (AvgIpc) is 2.26. The van der Waals surface area contributed by atoms with E-state index in [1.165, 1.54) is 0 Å². The predicted octanol–water partition coefficient (Wildman–Crippen LogP) is 4.68. The summed E-state index contributed by atoms with van der Waals surface area (Å²) in [5, 5.41) is 13.8. The van der Waals surface area contributed by atoms with Gasteiger partial charge in [0.25, 0.3) is 0 Å². The number of alkyl halides is 3. The molecule has 1 radical (unpaired) electrons. The molecule has 0 heterocycles. The van der Waals surface area contributed by atoms with Gasteiger partial charge in [-0.2, -0.15) is 0 Å². The van der Waals surface area contributed by atoms with Crippen LogP contribution in [0.4, 0.5) is 0 Å². The Morgan fingerprint density at radius 1 is 0.938 bits per heavy atom. The summed E-state index contributed by atoms with van der Waals surface area (Å²) in [6.07, 6.45) is -1.39. The van der Waals surface area contributed by atoms with Crippen molar-refractivity contribution in [2.45, 2.75) is 9.90 Å². The molecule has 1 atom stereocenters. The van der Waals surface area contributed by atoms with E-state index >= 15 is 0 Å². The summed E-state index contributed by atoms with van der Waals surface area (Å²) < 4.78 is -1.83. The lowest BCUT2D eigenvalue weighted by Gasteiger charge is -2.18. The largest absolute Gasteiger partial charge is 0.223 e. The van der Waals surface area contributed by atoms with Gasteiger partial charge < -0.3 is 0 Å². The summed E-state index contributed by atoms with van der Waals surface area (Å²) in [4.78, 5) is 0. The first-order valence-corrected chi connectivity index (χ1v) is 5.84. The van der Waals surface area contributed by atoms with Gasteiger partial charge in [0.1, 0.15) is 0 Å². The lowest BCUT2D eigenvalue weighted by Crippen LogP contribution is -2.15. The van der Waals surface area contributed by atoms with E-state index in [2.05, 4.69) is 0 Å². The molecule has 2 aromatic carbocycles.